The van der Waals surface area contributed by atoms with Crippen LogP contribution in [0.2, 0.25) is 0 Å². The third-order valence-electron chi connectivity index (χ3n) is 7.01. The molecule has 0 N–H and O–H groups in total. The number of esters is 1. The van der Waals surface area contributed by atoms with Gasteiger partial charge in [-0.1, -0.05) is 0 Å². The Labute approximate surface area is 199 Å². The summed E-state index contributed by atoms with van der Waals surface area (Å²) in [5.41, 5.74) is -0.0902. The van der Waals surface area contributed by atoms with Crippen LogP contribution in [-0.2, 0) is 19.1 Å². The zero-order chi connectivity index (χ0) is 24.3. The number of rotatable bonds is 5. The minimum Gasteiger partial charge on any atom is -0.486 e. The Kier molecular flexibility index (Phi) is 7.09. The summed E-state index contributed by atoms with van der Waals surface area (Å²) in [6.45, 7) is 5.68. The molecule has 0 aliphatic carbocycles. The van der Waals surface area contributed by atoms with E-state index in [1.807, 2.05) is 0 Å². The standard InChI is InChI=1S/C25H32N2O7/c1-3-32-24(31)18-6-10-27(11-7-18)23(30)16-33-19-4-5-20-21(29)15-25(34-22(20)14-19)8-12-26(13-9-25)17(2)28/h4-5,14,18H,3,6-13,15-16H2,1-2H3. The van der Waals surface area contributed by atoms with Gasteiger partial charge < -0.3 is 24.0 Å². The van der Waals surface area contributed by atoms with Crippen molar-refractivity contribution in [3.8, 4) is 11.5 Å². The van der Waals surface area contributed by atoms with Gasteiger partial charge >= 0.3 is 5.97 Å². The lowest BCUT2D eigenvalue weighted by Gasteiger charge is -2.43. The number of likely N-dealkylation sites (tertiary alicyclic amines) is 2. The number of fused-ring (bicyclic) bond motifs is 1. The number of carbonyl (C=O) groups excluding carboxylic acids is 4. The molecule has 34 heavy (non-hydrogen) atoms. The van der Waals surface area contributed by atoms with Gasteiger partial charge in [0.2, 0.25) is 5.91 Å². The smallest absolute Gasteiger partial charge is 0.309 e. The van der Waals surface area contributed by atoms with Gasteiger partial charge in [0, 0.05) is 52.0 Å². The van der Waals surface area contributed by atoms with Crippen LogP contribution in [0.15, 0.2) is 18.2 Å². The molecule has 3 heterocycles. The average molecular weight is 473 g/mol. The van der Waals surface area contributed by atoms with Crippen LogP contribution in [0.25, 0.3) is 0 Å². The van der Waals surface area contributed by atoms with E-state index in [4.69, 9.17) is 14.2 Å². The van der Waals surface area contributed by atoms with Crippen molar-refractivity contribution >= 4 is 23.6 Å². The van der Waals surface area contributed by atoms with Gasteiger partial charge in [0.25, 0.3) is 5.91 Å². The number of ether oxygens (including phenoxy) is 3. The first-order chi connectivity index (χ1) is 16.3. The van der Waals surface area contributed by atoms with E-state index in [0.717, 1.165) is 0 Å². The molecule has 0 radical (unpaired) electrons. The molecule has 9 heteroatoms. The van der Waals surface area contributed by atoms with Gasteiger partial charge in [0.15, 0.2) is 12.4 Å². The van der Waals surface area contributed by atoms with Crippen molar-refractivity contribution in [3.63, 3.8) is 0 Å². The monoisotopic (exact) mass is 472 g/mol. The number of Topliss-reactive ketones (excluding diaryl/α,β-unsaturated/α-hetero) is 1. The first-order valence-electron chi connectivity index (χ1n) is 12.0. The lowest BCUT2D eigenvalue weighted by molar-refractivity contribution is -0.151. The molecule has 3 aliphatic rings. The molecule has 2 amide bonds. The van der Waals surface area contributed by atoms with Crippen LogP contribution in [0.3, 0.4) is 0 Å². The molecule has 0 saturated carbocycles. The van der Waals surface area contributed by atoms with Crippen LogP contribution in [0.1, 0.15) is 56.3 Å². The predicted molar refractivity (Wildman–Crippen MR) is 122 cm³/mol. The second-order valence-electron chi connectivity index (χ2n) is 9.24. The molecule has 1 aromatic rings. The number of piperidine rings is 2. The third kappa shape index (κ3) is 5.18. The van der Waals surface area contributed by atoms with Crippen molar-refractivity contribution in [2.75, 3.05) is 39.4 Å². The fraction of sp³-hybridized carbons (Fsp3) is 0.600. The molecule has 4 rings (SSSR count). The van der Waals surface area contributed by atoms with Crippen LogP contribution < -0.4 is 9.47 Å². The minimum absolute atomic E-state index is 0.0182. The van der Waals surface area contributed by atoms with Gasteiger partial charge in [-0.2, -0.15) is 0 Å². The Morgan fingerprint density at radius 2 is 1.79 bits per heavy atom. The Morgan fingerprint density at radius 3 is 2.44 bits per heavy atom. The van der Waals surface area contributed by atoms with E-state index >= 15 is 0 Å². The van der Waals surface area contributed by atoms with Crippen LogP contribution in [0.5, 0.6) is 11.5 Å². The zero-order valence-electron chi connectivity index (χ0n) is 19.8. The second-order valence-corrected chi connectivity index (χ2v) is 9.24. The summed E-state index contributed by atoms with van der Waals surface area (Å²) >= 11 is 0. The molecule has 2 fully saturated rings. The van der Waals surface area contributed by atoms with Gasteiger partial charge in [-0.05, 0) is 31.9 Å². The van der Waals surface area contributed by atoms with Crippen molar-refractivity contribution in [1.29, 1.82) is 0 Å². The molecule has 1 aromatic carbocycles. The number of hydrogen-bond donors (Lipinski definition) is 0. The fourth-order valence-electron chi connectivity index (χ4n) is 4.93. The summed E-state index contributed by atoms with van der Waals surface area (Å²) in [4.78, 5) is 52.4. The van der Waals surface area contributed by atoms with Crippen molar-refractivity contribution in [2.24, 2.45) is 5.92 Å². The van der Waals surface area contributed by atoms with Gasteiger partial charge in [-0.25, -0.2) is 0 Å². The Hall–Kier alpha value is -3.10. The molecule has 0 unspecified atom stereocenters. The maximum atomic E-state index is 12.8. The van der Waals surface area contributed by atoms with Crippen LogP contribution in [0.4, 0.5) is 0 Å². The molecule has 1 spiro atoms. The summed E-state index contributed by atoms with van der Waals surface area (Å²) < 4.78 is 17.1. The highest BCUT2D eigenvalue weighted by Gasteiger charge is 2.43. The molecular formula is C25H32N2O7. The van der Waals surface area contributed by atoms with Crippen molar-refractivity contribution < 1.29 is 33.4 Å². The Balaban J connectivity index is 1.33. The second kappa shape index (κ2) is 10.0. The van der Waals surface area contributed by atoms with Gasteiger partial charge in [0.1, 0.15) is 17.1 Å². The topological polar surface area (TPSA) is 102 Å². The minimum atomic E-state index is -0.603. The highest BCUT2D eigenvalue weighted by atomic mass is 16.5. The highest BCUT2D eigenvalue weighted by Crippen LogP contribution is 2.40. The number of nitrogens with zero attached hydrogens (tertiary/aromatic N) is 2. The van der Waals surface area contributed by atoms with Gasteiger partial charge in [-0.3, -0.25) is 19.2 Å². The SMILES string of the molecule is CCOC(=O)C1CCN(C(=O)COc2ccc3c(c2)OC2(CCN(C(C)=O)CC2)CC3=O)CC1. The molecule has 0 atom stereocenters. The van der Waals surface area contributed by atoms with Crippen molar-refractivity contribution in [3.05, 3.63) is 23.8 Å². The van der Waals surface area contributed by atoms with Crippen LogP contribution in [-0.4, -0.2) is 78.4 Å². The van der Waals surface area contributed by atoms with Crippen LogP contribution in [0, 0.1) is 5.92 Å². The van der Waals surface area contributed by atoms with E-state index < -0.39 is 5.60 Å². The molecule has 0 bridgehead atoms. The van der Waals surface area contributed by atoms with E-state index in [2.05, 4.69) is 0 Å². The zero-order valence-corrected chi connectivity index (χ0v) is 19.8. The van der Waals surface area contributed by atoms with Crippen molar-refractivity contribution in [2.45, 2.75) is 51.6 Å². The molecule has 184 valence electrons. The quantitative estimate of drug-likeness (QED) is 0.606. The number of amides is 2. The number of benzene rings is 1. The van der Waals surface area contributed by atoms with E-state index in [1.165, 1.54) is 0 Å². The Bertz CT molecular complexity index is 960. The third-order valence-corrected chi connectivity index (χ3v) is 7.01. The first-order valence-corrected chi connectivity index (χ1v) is 12.0. The van der Waals surface area contributed by atoms with Crippen LogP contribution >= 0.6 is 0 Å². The molecule has 2 saturated heterocycles. The van der Waals surface area contributed by atoms with E-state index in [1.54, 1.807) is 41.8 Å². The fourth-order valence-corrected chi connectivity index (χ4v) is 4.93. The molecule has 0 aromatic heterocycles. The average Bonchev–Trinajstić information content (AvgIpc) is 2.82. The molecular weight excluding hydrogens is 440 g/mol. The molecule has 9 nitrogen and oxygen atoms in total. The maximum Gasteiger partial charge on any atom is 0.309 e. The summed E-state index contributed by atoms with van der Waals surface area (Å²) in [7, 11) is 0. The number of hydrogen-bond acceptors (Lipinski definition) is 7. The normalized spacial score (nSPS) is 19.9. The summed E-state index contributed by atoms with van der Waals surface area (Å²) in [6.07, 6.45) is 2.67. The number of carbonyl (C=O) groups is 4. The van der Waals surface area contributed by atoms with E-state index in [9.17, 15) is 19.2 Å². The lowest BCUT2D eigenvalue weighted by atomic mass is 9.82. The number of ketones is 1. The van der Waals surface area contributed by atoms with Crippen molar-refractivity contribution in [1.82, 2.24) is 9.80 Å². The summed E-state index contributed by atoms with van der Waals surface area (Å²) in [6, 6.07) is 5.03. The van der Waals surface area contributed by atoms with E-state index in [0.29, 0.717) is 82.0 Å². The predicted octanol–water partition coefficient (Wildman–Crippen LogP) is 2.21. The lowest BCUT2D eigenvalue weighted by Crippen LogP contribution is -2.51. The summed E-state index contributed by atoms with van der Waals surface area (Å²) in [5.74, 6) is 0.471. The van der Waals surface area contributed by atoms with E-state index in [-0.39, 0.29) is 36.1 Å². The van der Waals surface area contributed by atoms with Gasteiger partial charge in [-0.15, -0.1) is 0 Å². The first kappa shape index (κ1) is 24.0. The highest BCUT2D eigenvalue weighted by molar-refractivity contribution is 6.00. The maximum absolute atomic E-state index is 12.8. The Morgan fingerprint density at radius 1 is 1.09 bits per heavy atom. The summed E-state index contributed by atoms with van der Waals surface area (Å²) in [5, 5.41) is 0. The largest absolute Gasteiger partial charge is 0.486 e. The van der Waals surface area contributed by atoms with Gasteiger partial charge in [0.05, 0.1) is 24.5 Å². The molecule has 3 aliphatic heterocycles.